The van der Waals surface area contributed by atoms with Crippen LogP contribution in [0.25, 0.3) is 0 Å². The summed E-state index contributed by atoms with van der Waals surface area (Å²) >= 11 is 4.21. The van der Waals surface area contributed by atoms with E-state index in [0.717, 1.165) is 70.0 Å². The maximum Gasteiger partial charge on any atom is 0.236 e. The van der Waals surface area contributed by atoms with Crippen LogP contribution in [0.4, 0.5) is 0 Å². The summed E-state index contributed by atoms with van der Waals surface area (Å²) in [6.45, 7) is 3.16. The van der Waals surface area contributed by atoms with Crippen LogP contribution in [0.15, 0.2) is 4.99 Å². The number of hydrogen-bond acceptors (Lipinski definition) is 5. The number of hydrogen-bond donors (Lipinski definition) is 5. The van der Waals surface area contributed by atoms with Gasteiger partial charge in [0.2, 0.25) is 5.91 Å². The number of rotatable bonds is 18. The van der Waals surface area contributed by atoms with Gasteiger partial charge in [0.25, 0.3) is 0 Å². The number of thiol groups is 1. The zero-order valence-electron chi connectivity index (χ0n) is 18.0. The monoisotopic (exact) mass is 417 g/mol. The Morgan fingerprint density at radius 3 is 2.18 bits per heavy atom. The largest absolute Gasteiger partial charge is 0.381 e. The van der Waals surface area contributed by atoms with Gasteiger partial charge in [0.1, 0.15) is 0 Å². The highest BCUT2D eigenvalue weighted by Gasteiger charge is 2.12. The highest BCUT2D eigenvalue weighted by Crippen LogP contribution is 2.03. The van der Waals surface area contributed by atoms with Crippen molar-refractivity contribution in [3.8, 4) is 0 Å². The molecule has 0 aromatic carbocycles. The smallest absolute Gasteiger partial charge is 0.236 e. The Kier molecular flexibility index (Phi) is 20.0. The number of aliphatic imine (C=N–C) groups is 1. The second kappa shape index (κ2) is 20.7. The van der Waals surface area contributed by atoms with E-state index in [2.05, 4.69) is 33.6 Å². The zero-order valence-corrected chi connectivity index (χ0v) is 18.9. The molecule has 0 bridgehead atoms. The zero-order chi connectivity index (χ0) is 20.9. The van der Waals surface area contributed by atoms with Crippen LogP contribution in [0, 0.1) is 0 Å². The number of unbranched alkanes of at least 4 members (excludes halogenated alkanes) is 6. The number of ether oxygens (including phenoxy) is 1. The minimum Gasteiger partial charge on any atom is -0.381 e. The van der Waals surface area contributed by atoms with Gasteiger partial charge in [-0.1, -0.05) is 25.7 Å². The van der Waals surface area contributed by atoms with Crippen LogP contribution in [0.3, 0.4) is 0 Å². The fraction of sp³-hybridized carbons (Fsp3) is 0.900. The first kappa shape index (κ1) is 27.0. The van der Waals surface area contributed by atoms with Gasteiger partial charge in [-0.2, -0.15) is 12.6 Å². The Labute approximate surface area is 177 Å². The predicted octanol–water partition coefficient (Wildman–Crippen LogP) is 2.07. The lowest BCUT2D eigenvalue weighted by Gasteiger charge is -2.13. The first-order chi connectivity index (χ1) is 13.7. The van der Waals surface area contributed by atoms with Crippen LogP contribution in [-0.4, -0.2) is 64.1 Å². The molecule has 0 saturated carbocycles. The van der Waals surface area contributed by atoms with Gasteiger partial charge in [-0.25, -0.2) is 0 Å². The Balaban J connectivity index is 3.40. The van der Waals surface area contributed by atoms with Crippen LogP contribution in [0.1, 0.15) is 64.2 Å². The van der Waals surface area contributed by atoms with Gasteiger partial charge in [-0.15, -0.1) is 0 Å². The minimum absolute atomic E-state index is 0.0563. The molecule has 0 aromatic heterocycles. The first-order valence-electron chi connectivity index (χ1n) is 10.8. The van der Waals surface area contributed by atoms with E-state index in [1.165, 1.54) is 19.3 Å². The number of nitrogens with zero attached hydrogens (tertiary/aromatic N) is 1. The molecule has 0 heterocycles. The van der Waals surface area contributed by atoms with E-state index in [-0.39, 0.29) is 5.91 Å². The van der Waals surface area contributed by atoms with Crippen molar-refractivity contribution in [2.24, 2.45) is 10.7 Å². The van der Waals surface area contributed by atoms with E-state index in [4.69, 9.17) is 10.5 Å². The van der Waals surface area contributed by atoms with Gasteiger partial charge in [0, 0.05) is 40.4 Å². The summed E-state index contributed by atoms with van der Waals surface area (Å²) in [7, 11) is 3.54. The van der Waals surface area contributed by atoms with E-state index in [1.807, 2.05) is 7.05 Å². The van der Waals surface area contributed by atoms with Crippen molar-refractivity contribution >= 4 is 24.5 Å². The number of carbonyl (C=O) groups is 1. The number of amides is 1. The van der Waals surface area contributed by atoms with E-state index < -0.39 is 6.04 Å². The minimum atomic E-state index is -0.445. The molecule has 0 aliphatic heterocycles. The summed E-state index contributed by atoms with van der Waals surface area (Å²) in [5, 5.41) is 9.03. The molecule has 28 heavy (non-hydrogen) atoms. The molecule has 0 aliphatic carbocycles. The van der Waals surface area contributed by atoms with Gasteiger partial charge in [-0.05, 0) is 44.3 Å². The molecule has 7 nitrogen and oxygen atoms in total. The fourth-order valence-corrected chi connectivity index (χ4v) is 2.96. The molecular formula is C20H43N5O2S. The van der Waals surface area contributed by atoms with Crippen molar-refractivity contribution < 1.29 is 9.53 Å². The van der Waals surface area contributed by atoms with Crippen molar-refractivity contribution in [2.75, 3.05) is 46.2 Å². The van der Waals surface area contributed by atoms with Crippen molar-refractivity contribution in [1.82, 2.24) is 16.0 Å². The third kappa shape index (κ3) is 17.1. The predicted molar refractivity (Wildman–Crippen MR) is 122 cm³/mol. The third-order valence-corrected chi connectivity index (χ3v) is 4.81. The van der Waals surface area contributed by atoms with Crippen molar-refractivity contribution in [3.05, 3.63) is 0 Å². The molecule has 166 valence electrons. The Hall–Kier alpha value is -0.990. The van der Waals surface area contributed by atoms with E-state index in [1.54, 1.807) is 7.05 Å². The molecule has 5 N–H and O–H groups in total. The fourth-order valence-electron chi connectivity index (χ4n) is 2.74. The topological polar surface area (TPSA) is 101 Å². The summed E-state index contributed by atoms with van der Waals surface area (Å²) in [5.41, 5.74) is 5.94. The lowest BCUT2D eigenvalue weighted by Crippen LogP contribution is -2.41. The molecule has 0 spiro atoms. The Bertz CT molecular complexity index is 397. The number of nitrogens with one attached hydrogen (secondary N) is 3. The van der Waals surface area contributed by atoms with Crippen LogP contribution in [0.2, 0.25) is 0 Å². The number of guanidine groups is 1. The first-order valence-corrected chi connectivity index (χ1v) is 11.4. The van der Waals surface area contributed by atoms with E-state index >= 15 is 0 Å². The maximum absolute atomic E-state index is 12.0. The van der Waals surface area contributed by atoms with Crippen molar-refractivity contribution in [2.45, 2.75) is 70.3 Å². The molecule has 0 rings (SSSR count). The SMILES string of the molecule is CN=C(NC)NCCCC(N)C(=O)NCCCCCCOCCCCCCS. The van der Waals surface area contributed by atoms with Crippen molar-refractivity contribution in [1.29, 1.82) is 0 Å². The van der Waals surface area contributed by atoms with Gasteiger partial charge < -0.3 is 26.4 Å². The number of nitrogens with two attached hydrogens (primary N) is 1. The third-order valence-electron chi connectivity index (χ3n) is 4.49. The van der Waals surface area contributed by atoms with Gasteiger partial charge in [-0.3, -0.25) is 9.79 Å². The summed E-state index contributed by atoms with van der Waals surface area (Å²) in [5.74, 6) is 1.67. The van der Waals surface area contributed by atoms with Crippen LogP contribution < -0.4 is 21.7 Å². The summed E-state index contributed by atoms with van der Waals surface area (Å²) in [6, 6.07) is -0.445. The van der Waals surface area contributed by atoms with Gasteiger partial charge in [0.05, 0.1) is 6.04 Å². The molecule has 1 unspecified atom stereocenters. The summed E-state index contributed by atoms with van der Waals surface area (Å²) in [4.78, 5) is 16.0. The molecule has 1 atom stereocenters. The second-order valence-electron chi connectivity index (χ2n) is 6.95. The van der Waals surface area contributed by atoms with E-state index in [9.17, 15) is 4.79 Å². The van der Waals surface area contributed by atoms with Crippen LogP contribution in [-0.2, 0) is 9.53 Å². The maximum atomic E-state index is 12.0. The van der Waals surface area contributed by atoms with Crippen molar-refractivity contribution in [3.63, 3.8) is 0 Å². The molecule has 1 amide bonds. The molecule has 0 saturated heterocycles. The highest BCUT2D eigenvalue weighted by molar-refractivity contribution is 7.80. The summed E-state index contributed by atoms with van der Waals surface area (Å²) < 4.78 is 5.64. The lowest BCUT2D eigenvalue weighted by atomic mass is 10.1. The molecule has 0 aromatic rings. The lowest BCUT2D eigenvalue weighted by molar-refractivity contribution is -0.122. The normalized spacial score (nSPS) is 12.6. The highest BCUT2D eigenvalue weighted by atomic mass is 32.1. The average Bonchev–Trinajstić information content (AvgIpc) is 2.71. The molecule has 8 heteroatoms. The van der Waals surface area contributed by atoms with Crippen LogP contribution >= 0.6 is 12.6 Å². The second-order valence-corrected chi connectivity index (χ2v) is 7.40. The van der Waals surface area contributed by atoms with E-state index in [0.29, 0.717) is 13.0 Å². The Morgan fingerprint density at radius 2 is 1.57 bits per heavy atom. The van der Waals surface area contributed by atoms with Gasteiger partial charge >= 0.3 is 0 Å². The summed E-state index contributed by atoms with van der Waals surface area (Å²) in [6.07, 6.45) is 10.7. The quantitative estimate of drug-likeness (QED) is 0.102. The standard InChI is InChI=1S/C20H43N5O2S/c1-22-20(23-2)25-14-11-12-18(21)19(26)24-13-7-3-4-8-15-27-16-9-5-6-10-17-28/h18,28H,3-17,21H2,1-2H3,(H,24,26)(H2,22,23,25). The Morgan fingerprint density at radius 1 is 0.964 bits per heavy atom. The molecule has 0 radical (unpaired) electrons. The number of carbonyl (C=O) groups excluding carboxylic acids is 1. The van der Waals surface area contributed by atoms with Gasteiger partial charge in [0.15, 0.2) is 5.96 Å². The molecule has 0 aliphatic rings. The average molecular weight is 418 g/mol. The molecular weight excluding hydrogens is 374 g/mol. The van der Waals surface area contributed by atoms with Crippen LogP contribution in [0.5, 0.6) is 0 Å². The molecule has 0 fully saturated rings.